The van der Waals surface area contributed by atoms with Gasteiger partial charge in [0.25, 0.3) is 5.91 Å². The van der Waals surface area contributed by atoms with Crippen molar-refractivity contribution in [3.05, 3.63) is 72.0 Å². The molecule has 1 amide bonds. The van der Waals surface area contributed by atoms with Crippen LogP contribution in [-0.2, 0) is 4.74 Å². The molecule has 4 nitrogen and oxygen atoms in total. The van der Waals surface area contributed by atoms with Crippen molar-refractivity contribution in [2.75, 3.05) is 23.8 Å². The third-order valence-corrected chi connectivity index (χ3v) is 4.81. The summed E-state index contributed by atoms with van der Waals surface area (Å²) < 4.78 is 19.9. The Morgan fingerprint density at radius 1 is 1.11 bits per heavy atom. The number of nitrogens with one attached hydrogen (secondary N) is 2. The van der Waals surface area contributed by atoms with Gasteiger partial charge in [0, 0.05) is 24.4 Å². The Labute approximate surface area is 157 Å². The van der Waals surface area contributed by atoms with E-state index in [1.165, 1.54) is 6.07 Å². The predicted molar refractivity (Wildman–Crippen MR) is 106 cm³/mol. The van der Waals surface area contributed by atoms with E-state index in [0.717, 1.165) is 30.2 Å². The number of hydrogen-bond acceptors (Lipinski definition) is 3. The third-order valence-electron chi connectivity index (χ3n) is 4.81. The van der Waals surface area contributed by atoms with Crippen LogP contribution < -0.4 is 10.6 Å². The quantitative estimate of drug-likeness (QED) is 0.682. The minimum absolute atomic E-state index is 0.134. The van der Waals surface area contributed by atoms with E-state index in [9.17, 15) is 9.18 Å². The summed E-state index contributed by atoms with van der Waals surface area (Å²) in [5.74, 6) is -0.657. The van der Waals surface area contributed by atoms with Crippen molar-refractivity contribution in [1.82, 2.24) is 0 Å². The first-order valence-corrected chi connectivity index (χ1v) is 9.15. The van der Waals surface area contributed by atoms with Crippen molar-refractivity contribution in [3.8, 4) is 0 Å². The van der Waals surface area contributed by atoms with Crippen molar-refractivity contribution in [1.29, 1.82) is 0 Å². The van der Waals surface area contributed by atoms with E-state index in [4.69, 9.17) is 4.74 Å². The molecule has 3 aromatic rings. The predicted octanol–water partition coefficient (Wildman–Crippen LogP) is 4.82. The normalized spacial score (nSPS) is 16.4. The van der Waals surface area contributed by atoms with Gasteiger partial charge in [-0.1, -0.05) is 36.4 Å². The van der Waals surface area contributed by atoms with Crippen LogP contribution in [-0.4, -0.2) is 25.2 Å². The highest BCUT2D eigenvalue weighted by atomic mass is 19.1. The minimum Gasteiger partial charge on any atom is -0.380 e. The molecular formula is C22H21FN2O2. The van der Waals surface area contributed by atoms with Gasteiger partial charge in [0.2, 0.25) is 0 Å². The molecule has 2 N–H and O–H groups in total. The molecule has 1 atom stereocenters. The van der Waals surface area contributed by atoms with Crippen LogP contribution in [0.2, 0.25) is 0 Å². The molecule has 0 bridgehead atoms. The average Bonchev–Trinajstić information content (AvgIpc) is 3.20. The third kappa shape index (κ3) is 3.93. The lowest BCUT2D eigenvalue weighted by molar-refractivity contribution is 0.102. The van der Waals surface area contributed by atoms with Crippen LogP contribution >= 0.6 is 0 Å². The molecular weight excluding hydrogens is 343 g/mol. The maximum atomic E-state index is 14.4. The molecule has 138 valence electrons. The Morgan fingerprint density at radius 2 is 1.96 bits per heavy atom. The molecule has 1 aliphatic heterocycles. The van der Waals surface area contributed by atoms with Crippen LogP contribution in [0.5, 0.6) is 0 Å². The van der Waals surface area contributed by atoms with E-state index >= 15 is 0 Å². The summed E-state index contributed by atoms with van der Waals surface area (Å²) in [6, 6.07) is 17.9. The highest BCUT2D eigenvalue weighted by molar-refractivity contribution is 6.12. The summed E-state index contributed by atoms with van der Waals surface area (Å²) in [5.41, 5.74) is 1.40. The maximum absolute atomic E-state index is 14.4. The Balaban J connectivity index is 1.47. The first-order chi connectivity index (χ1) is 13.2. The standard InChI is InChI=1S/C22H21FN2O2/c23-20-13-16(10-11-21(20)24-14-17-7-4-12-27-17)25-22(26)19-9-3-6-15-5-1-2-8-18(15)19/h1-3,5-6,8-11,13,17,24H,4,7,12,14H2,(H,25,26)/t17-/m0/s1. The lowest BCUT2D eigenvalue weighted by atomic mass is 10.0. The number of halogens is 1. The van der Waals surface area contributed by atoms with Crippen molar-refractivity contribution < 1.29 is 13.9 Å². The van der Waals surface area contributed by atoms with E-state index in [1.54, 1.807) is 18.2 Å². The maximum Gasteiger partial charge on any atom is 0.256 e. The number of rotatable bonds is 5. The number of amides is 1. The van der Waals surface area contributed by atoms with Gasteiger partial charge < -0.3 is 15.4 Å². The zero-order chi connectivity index (χ0) is 18.6. The second kappa shape index (κ2) is 7.76. The molecule has 1 heterocycles. The van der Waals surface area contributed by atoms with Gasteiger partial charge in [0.05, 0.1) is 11.8 Å². The molecule has 1 saturated heterocycles. The molecule has 5 heteroatoms. The van der Waals surface area contributed by atoms with Crippen LogP contribution in [0.15, 0.2) is 60.7 Å². The highest BCUT2D eigenvalue weighted by Crippen LogP contribution is 2.23. The van der Waals surface area contributed by atoms with Crippen molar-refractivity contribution in [3.63, 3.8) is 0 Å². The Bertz CT molecular complexity index is 962. The number of benzene rings is 3. The van der Waals surface area contributed by atoms with Crippen LogP contribution in [0.25, 0.3) is 10.8 Å². The van der Waals surface area contributed by atoms with Crippen molar-refractivity contribution in [2.24, 2.45) is 0 Å². The topological polar surface area (TPSA) is 50.4 Å². The molecule has 0 unspecified atom stereocenters. The minimum atomic E-state index is -0.399. The fourth-order valence-corrected chi connectivity index (χ4v) is 3.39. The number of anilines is 2. The molecule has 4 rings (SSSR count). The van der Waals surface area contributed by atoms with Gasteiger partial charge in [0.15, 0.2) is 0 Å². The van der Waals surface area contributed by atoms with Gasteiger partial charge in [-0.15, -0.1) is 0 Å². The second-order valence-corrected chi connectivity index (χ2v) is 6.69. The van der Waals surface area contributed by atoms with Gasteiger partial charge >= 0.3 is 0 Å². The summed E-state index contributed by atoms with van der Waals surface area (Å²) in [6.07, 6.45) is 2.18. The van der Waals surface area contributed by atoms with Gasteiger partial charge in [-0.2, -0.15) is 0 Å². The van der Waals surface area contributed by atoms with Crippen LogP contribution in [0, 0.1) is 5.82 Å². The van der Waals surface area contributed by atoms with E-state index in [-0.39, 0.29) is 12.0 Å². The smallest absolute Gasteiger partial charge is 0.256 e. The van der Waals surface area contributed by atoms with E-state index in [0.29, 0.717) is 23.5 Å². The first-order valence-electron chi connectivity index (χ1n) is 9.15. The van der Waals surface area contributed by atoms with Crippen LogP contribution in [0.3, 0.4) is 0 Å². The molecule has 0 aliphatic carbocycles. The van der Waals surface area contributed by atoms with E-state index in [1.807, 2.05) is 36.4 Å². The van der Waals surface area contributed by atoms with Crippen molar-refractivity contribution >= 4 is 28.1 Å². The SMILES string of the molecule is O=C(Nc1ccc(NC[C@@H]2CCCO2)c(F)c1)c1cccc2ccccc12. The molecule has 1 fully saturated rings. The van der Waals surface area contributed by atoms with Crippen LogP contribution in [0.1, 0.15) is 23.2 Å². The van der Waals surface area contributed by atoms with E-state index in [2.05, 4.69) is 10.6 Å². The molecule has 0 radical (unpaired) electrons. The Kier molecular flexibility index (Phi) is 5.03. The number of hydrogen-bond donors (Lipinski definition) is 2. The van der Waals surface area contributed by atoms with Gasteiger partial charge in [-0.3, -0.25) is 4.79 Å². The van der Waals surface area contributed by atoms with Crippen LogP contribution in [0.4, 0.5) is 15.8 Å². The van der Waals surface area contributed by atoms with Gasteiger partial charge in [-0.25, -0.2) is 4.39 Å². The summed E-state index contributed by atoms with van der Waals surface area (Å²) >= 11 is 0. The highest BCUT2D eigenvalue weighted by Gasteiger charge is 2.16. The Morgan fingerprint density at radius 3 is 2.78 bits per heavy atom. The zero-order valence-electron chi connectivity index (χ0n) is 14.9. The Hall–Kier alpha value is -2.92. The largest absolute Gasteiger partial charge is 0.380 e. The zero-order valence-corrected chi connectivity index (χ0v) is 14.9. The van der Waals surface area contributed by atoms with Crippen molar-refractivity contribution in [2.45, 2.75) is 18.9 Å². The first kappa shape index (κ1) is 17.5. The number of fused-ring (bicyclic) bond motifs is 1. The fourth-order valence-electron chi connectivity index (χ4n) is 3.39. The fraction of sp³-hybridized carbons (Fsp3) is 0.227. The summed E-state index contributed by atoms with van der Waals surface area (Å²) in [7, 11) is 0. The number of carbonyl (C=O) groups is 1. The second-order valence-electron chi connectivity index (χ2n) is 6.69. The molecule has 0 spiro atoms. The van der Waals surface area contributed by atoms with Gasteiger partial charge in [0.1, 0.15) is 5.82 Å². The van der Waals surface area contributed by atoms with E-state index < -0.39 is 5.82 Å². The number of carbonyl (C=O) groups excluding carboxylic acids is 1. The lowest BCUT2D eigenvalue weighted by Crippen LogP contribution is -2.19. The molecule has 0 aromatic heterocycles. The average molecular weight is 364 g/mol. The lowest BCUT2D eigenvalue weighted by Gasteiger charge is -2.13. The molecule has 3 aromatic carbocycles. The molecule has 0 saturated carbocycles. The summed E-state index contributed by atoms with van der Waals surface area (Å²) in [6.45, 7) is 1.35. The summed E-state index contributed by atoms with van der Waals surface area (Å²) in [5, 5.41) is 7.72. The molecule has 1 aliphatic rings. The number of ether oxygens (including phenoxy) is 1. The van der Waals surface area contributed by atoms with Gasteiger partial charge in [-0.05, 0) is 47.9 Å². The monoisotopic (exact) mass is 364 g/mol. The molecule has 27 heavy (non-hydrogen) atoms. The summed E-state index contributed by atoms with van der Waals surface area (Å²) in [4.78, 5) is 12.7.